The molecular weight excluding hydrogens is 319 g/mol. The zero-order valence-corrected chi connectivity index (χ0v) is 13.6. The van der Waals surface area contributed by atoms with E-state index in [2.05, 4.69) is 19.8 Å². The van der Waals surface area contributed by atoms with Crippen LogP contribution in [0.2, 0.25) is 0 Å². The first kappa shape index (κ1) is 17.6. The van der Waals surface area contributed by atoms with E-state index < -0.39 is 24.3 Å². The highest BCUT2D eigenvalue weighted by Gasteiger charge is 2.42. The molecule has 0 bridgehead atoms. The number of carbonyl (C=O) groups excluding carboxylic acids is 2. The number of nitrogens with one attached hydrogen (secondary N) is 2. The van der Waals surface area contributed by atoms with Crippen molar-refractivity contribution in [2.75, 3.05) is 28.0 Å². The van der Waals surface area contributed by atoms with Gasteiger partial charge in [0.05, 0.1) is 21.3 Å². The fourth-order valence-electron chi connectivity index (χ4n) is 2.50. The van der Waals surface area contributed by atoms with Crippen LogP contribution < -0.4 is 10.1 Å². The third-order valence-electron chi connectivity index (χ3n) is 3.80. The maximum absolute atomic E-state index is 13.8. The fourth-order valence-corrected chi connectivity index (χ4v) is 2.50. The van der Waals surface area contributed by atoms with Gasteiger partial charge in [-0.05, 0) is 23.8 Å². The van der Waals surface area contributed by atoms with Crippen molar-refractivity contribution in [3.8, 4) is 5.75 Å². The summed E-state index contributed by atoms with van der Waals surface area (Å²) in [6.45, 7) is -1.15. The van der Waals surface area contributed by atoms with Crippen LogP contribution in [-0.2, 0) is 20.7 Å². The molecule has 0 unspecified atom stereocenters. The van der Waals surface area contributed by atoms with E-state index in [0.717, 1.165) is 25.1 Å². The van der Waals surface area contributed by atoms with Crippen molar-refractivity contribution in [1.29, 1.82) is 0 Å². The largest absolute Gasteiger partial charge is 0.497 e. The van der Waals surface area contributed by atoms with Gasteiger partial charge < -0.3 is 24.5 Å². The van der Waals surface area contributed by atoms with Gasteiger partial charge in [-0.1, -0.05) is 0 Å². The molecule has 0 spiro atoms. The molecule has 130 valence electrons. The highest BCUT2D eigenvalue weighted by molar-refractivity contribution is 5.89. The van der Waals surface area contributed by atoms with Gasteiger partial charge in [-0.3, -0.25) is 0 Å². The van der Waals surface area contributed by atoms with E-state index in [0.29, 0.717) is 11.3 Å². The summed E-state index contributed by atoms with van der Waals surface area (Å²) in [5.74, 6) is -0.277. The lowest BCUT2D eigenvalue weighted by atomic mass is 9.91. The average molecular weight is 338 g/mol. The van der Waals surface area contributed by atoms with E-state index in [1.54, 1.807) is 24.4 Å². The lowest BCUT2D eigenvalue weighted by Gasteiger charge is -2.28. The quantitative estimate of drug-likeness (QED) is 0.786. The summed E-state index contributed by atoms with van der Waals surface area (Å²) in [7, 11) is 3.79. The van der Waals surface area contributed by atoms with E-state index in [4.69, 9.17) is 4.74 Å². The number of fused-ring (bicyclic) bond motifs is 1. The third-order valence-corrected chi connectivity index (χ3v) is 3.80. The Hall–Kier alpha value is -2.77. The molecule has 2 N–H and O–H groups in total. The number of ether oxygens (including phenoxy) is 3. The van der Waals surface area contributed by atoms with Crippen LogP contribution in [0.15, 0.2) is 24.4 Å². The lowest BCUT2D eigenvalue weighted by molar-refractivity contribution is -0.149. The predicted molar refractivity (Wildman–Crippen MR) is 84.8 cm³/mol. The van der Waals surface area contributed by atoms with Crippen molar-refractivity contribution in [3.63, 3.8) is 0 Å². The lowest BCUT2D eigenvalue weighted by Crippen LogP contribution is -2.58. The van der Waals surface area contributed by atoms with Gasteiger partial charge in [-0.2, -0.15) is 0 Å². The molecule has 1 aromatic heterocycles. The Bertz CT molecular complexity index is 745. The van der Waals surface area contributed by atoms with Crippen LogP contribution in [0.5, 0.6) is 5.75 Å². The number of aromatic nitrogens is 1. The summed E-state index contributed by atoms with van der Waals surface area (Å²) in [6, 6.07) is 5.35. The zero-order valence-electron chi connectivity index (χ0n) is 13.6. The van der Waals surface area contributed by atoms with Gasteiger partial charge in [0.2, 0.25) is 0 Å². The molecular formula is C16H19FN2O5. The standard InChI is InChI=1S/C16H19FN2O5/c1-22-11-4-5-13-12(6-11)10(8-18-13)7-16(9-17,14(20)23-2)19-15(21)24-3/h4-6,8,18H,7,9H2,1-3H3,(H,19,21)/t16-/m0/s1. The van der Waals surface area contributed by atoms with Gasteiger partial charge in [0.15, 0.2) is 5.54 Å². The Morgan fingerprint density at radius 2 is 2.00 bits per heavy atom. The number of benzene rings is 1. The van der Waals surface area contributed by atoms with Crippen molar-refractivity contribution in [2.24, 2.45) is 0 Å². The van der Waals surface area contributed by atoms with Gasteiger partial charge >= 0.3 is 12.1 Å². The minimum atomic E-state index is -1.87. The molecule has 0 aliphatic heterocycles. The molecule has 1 heterocycles. The van der Waals surface area contributed by atoms with E-state index >= 15 is 0 Å². The van der Waals surface area contributed by atoms with E-state index in [1.807, 2.05) is 0 Å². The molecule has 8 heteroatoms. The van der Waals surface area contributed by atoms with Crippen LogP contribution in [-0.4, -0.2) is 50.6 Å². The van der Waals surface area contributed by atoms with Gasteiger partial charge in [-0.15, -0.1) is 0 Å². The van der Waals surface area contributed by atoms with Crippen LogP contribution in [0.1, 0.15) is 5.56 Å². The number of halogens is 1. The second-order valence-electron chi connectivity index (χ2n) is 5.23. The summed E-state index contributed by atoms with van der Waals surface area (Å²) in [4.78, 5) is 26.7. The number of rotatable bonds is 6. The first-order chi connectivity index (χ1) is 11.5. The monoisotopic (exact) mass is 338 g/mol. The van der Waals surface area contributed by atoms with Crippen molar-refractivity contribution < 1.29 is 28.2 Å². The van der Waals surface area contributed by atoms with Gasteiger partial charge in [0.25, 0.3) is 0 Å². The van der Waals surface area contributed by atoms with Crippen LogP contribution in [0, 0.1) is 0 Å². The van der Waals surface area contributed by atoms with Crippen molar-refractivity contribution in [1.82, 2.24) is 10.3 Å². The van der Waals surface area contributed by atoms with Crippen molar-refractivity contribution in [2.45, 2.75) is 12.0 Å². The topological polar surface area (TPSA) is 89.6 Å². The number of alkyl carbamates (subject to hydrolysis) is 1. The molecule has 24 heavy (non-hydrogen) atoms. The summed E-state index contributed by atoms with van der Waals surface area (Å²) < 4.78 is 28.1. The second-order valence-corrected chi connectivity index (χ2v) is 5.23. The number of alkyl halides is 1. The molecule has 0 aliphatic carbocycles. The maximum Gasteiger partial charge on any atom is 0.407 e. The molecule has 2 aromatic rings. The van der Waals surface area contributed by atoms with Crippen molar-refractivity contribution >= 4 is 23.0 Å². The van der Waals surface area contributed by atoms with Gasteiger partial charge in [0.1, 0.15) is 12.4 Å². The number of amides is 1. The first-order valence-corrected chi connectivity index (χ1v) is 7.14. The summed E-state index contributed by atoms with van der Waals surface area (Å²) >= 11 is 0. The molecule has 0 saturated carbocycles. The van der Waals surface area contributed by atoms with E-state index in [-0.39, 0.29) is 6.42 Å². The van der Waals surface area contributed by atoms with Gasteiger partial charge in [-0.25, -0.2) is 14.0 Å². The average Bonchev–Trinajstić information content (AvgIpc) is 3.01. The molecule has 1 aromatic carbocycles. The predicted octanol–water partition coefficient (Wildman–Crippen LogP) is 1.96. The number of hydrogen-bond acceptors (Lipinski definition) is 5. The van der Waals surface area contributed by atoms with E-state index in [1.165, 1.54) is 7.11 Å². The Labute approximate surface area is 138 Å². The number of esters is 1. The summed E-state index contributed by atoms with van der Waals surface area (Å²) in [5.41, 5.74) is -0.454. The molecule has 0 aliphatic rings. The molecule has 2 rings (SSSR count). The summed E-state index contributed by atoms with van der Waals surface area (Å²) in [6.07, 6.45) is 0.616. The number of H-pyrrole nitrogens is 1. The van der Waals surface area contributed by atoms with Crippen LogP contribution in [0.3, 0.4) is 0 Å². The van der Waals surface area contributed by atoms with Crippen LogP contribution in [0.4, 0.5) is 9.18 Å². The Kier molecular flexibility index (Phi) is 5.28. The Morgan fingerprint density at radius 3 is 2.58 bits per heavy atom. The minimum Gasteiger partial charge on any atom is -0.497 e. The molecule has 0 radical (unpaired) electrons. The number of hydrogen-bond donors (Lipinski definition) is 2. The Morgan fingerprint density at radius 1 is 1.25 bits per heavy atom. The SMILES string of the molecule is COC(=O)N[C@](CF)(Cc1c[nH]c2ccc(OC)cc12)C(=O)OC. The molecule has 7 nitrogen and oxygen atoms in total. The fraction of sp³-hybridized carbons (Fsp3) is 0.375. The normalized spacial score (nSPS) is 13.2. The number of aromatic amines is 1. The third kappa shape index (κ3) is 3.27. The highest BCUT2D eigenvalue weighted by atomic mass is 19.1. The zero-order chi connectivity index (χ0) is 17.7. The van der Waals surface area contributed by atoms with Crippen LogP contribution in [0.25, 0.3) is 10.9 Å². The molecule has 0 fully saturated rings. The van der Waals surface area contributed by atoms with E-state index in [9.17, 15) is 14.0 Å². The second kappa shape index (κ2) is 7.20. The molecule has 1 atom stereocenters. The minimum absolute atomic E-state index is 0.113. The Balaban J connectivity index is 2.45. The van der Waals surface area contributed by atoms with Crippen molar-refractivity contribution in [3.05, 3.63) is 30.0 Å². The van der Waals surface area contributed by atoms with Gasteiger partial charge in [0, 0.05) is 23.5 Å². The van der Waals surface area contributed by atoms with Crippen LogP contribution >= 0.6 is 0 Å². The smallest absolute Gasteiger partial charge is 0.407 e. The highest BCUT2D eigenvalue weighted by Crippen LogP contribution is 2.27. The maximum atomic E-state index is 13.8. The first-order valence-electron chi connectivity index (χ1n) is 7.14. The molecule has 0 saturated heterocycles. The molecule has 1 amide bonds. The summed E-state index contributed by atoms with van der Waals surface area (Å²) in [5, 5.41) is 3.01. The number of methoxy groups -OCH3 is 3. The number of carbonyl (C=O) groups is 2.